The zero-order valence-corrected chi connectivity index (χ0v) is 15.8. The Bertz CT molecular complexity index is 914. The van der Waals surface area contributed by atoms with Gasteiger partial charge in [0.05, 0.1) is 17.6 Å². The van der Waals surface area contributed by atoms with Crippen molar-refractivity contribution < 1.29 is 4.74 Å². The fraction of sp³-hybridized carbons (Fsp3) is 0.429. The zero-order chi connectivity index (χ0) is 18.6. The molecule has 0 amide bonds. The number of piperidine rings is 1. The second-order valence-electron chi connectivity index (χ2n) is 7.06. The minimum Gasteiger partial charge on any atom is -0.382 e. The standard InChI is InChI=1S/C21H27N5O/c1-2-27-14-18-25-19-20(16-7-3-4-8-17(16)24-21(19)22)26(18)13-5-6-15-9-11-23-12-10-15/h3-5,7-8,13,15,23H,2,6,9-12,14H2,1H3,(H2,22,24). The molecular weight excluding hydrogens is 338 g/mol. The van der Waals surface area contributed by atoms with Crippen LogP contribution in [0.5, 0.6) is 0 Å². The highest BCUT2D eigenvalue weighted by atomic mass is 16.5. The van der Waals surface area contributed by atoms with Crippen LogP contribution in [0.3, 0.4) is 0 Å². The van der Waals surface area contributed by atoms with Crippen LogP contribution in [0.15, 0.2) is 24.3 Å². The van der Waals surface area contributed by atoms with Gasteiger partial charge in [-0.05, 0) is 57.7 Å². The molecule has 1 aromatic carbocycles. The Morgan fingerprint density at radius 2 is 2.07 bits per heavy atom. The van der Waals surface area contributed by atoms with Gasteiger partial charge in [-0.15, -0.1) is 0 Å². The molecule has 0 unspecified atom stereocenters. The van der Waals surface area contributed by atoms with Crippen molar-refractivity contribution in [3.8, 4) is 0 Å². The maximum atomic E-state index is 6.22. The summed E-state index contributed by atoms with van der Waals surface area (Å²) in [6.45, 7) is 7.47. The minimum absolute atomic E-state index is 0.455. The first-order valence-electron chi connectivity index (χ1n) is 9.78. The molecule has 4 rings (SSSR count). The first-order valence-corrected chi connectivity index (χ1v) is 9.78. The van der Waals surface area contributed by atoms with Crippen molar-refractivity contribution in [1.82, 2.24) is 19.9 Å². The fourth-order valence-corrected chi connectivity index (χ4v) is 3.80. The van der Waals surface area contributed by atoms with Gasteiger partial charge in [0.25, 0.3) is 0 Å². The predicted molar refractivity (Wildman–Crippen MR) is 109 cm³/mol. The van der Waals surface area contributed by atoms with Gasteiger partial charge in [0.2, 0.25) is 0 Å². The lowest BCUT2D eigenvalue weighted by molar-refractivity contribution is 0.127. The van der Waals surface area contributed by atoms with Gasteiger partial charge in [-0.3, -0.25) is 0 Å². The smallest absolute Gasteiger partial charge is 0.152 e. The van der Waals surface area contributed by atoms with E-state index in [1.165, 1.54) is 12.8 Å². The number of hydrogen-bond donors (Lipinski definition) is 2. The van der Waals surface area contributed by atoms with Crippen LogP contribution in [0.25, 0.3) is 21.9 Å². The Hall–Kier alpha value is -2.18. The van der Waals surface area contributed by atoms with E-state index in [9.17, 15) is 0 Å². The third kappa shape index (κ3) is 3.77. The number of imidazole rings is 1. The molecule has 27 heavy (non-hydrogen) atoms. The second kappa shape index (κ2) is 8.23. The van der Waals surface area contributed by atoms with Crippen molar-refractivity contribution in [3.05, 3.63) is 43.1 Å². The van der Waals surface area contributed by atoms with Crippen LogP contribution >= 0.6 is 0 Å². The SMILES string of the molecule is CCOCc1nc2c(N)nc3ccccc3c2n1[CH][CH]CC1CCNCC1. The number of pyridine rings is 1. The van der Waals surface area contributed by atoms with Crippen molar-refractivity contribution in [3.63, 3.8) is 0 Å². The summed E-state index contributed by atoms with van der Waals surface area (Å²) in [5.41, 5.74) is 8.86. The first-order chi connectivity index (χ1) is 13.3. The molecular formula is C21H27N5O. The quantitative estimate of drug-likeness (QED) is 0.672. The van der Waals surface area contributed by atoms with Gasteiger partial charge in [-0.2, -0.15) is 0 Å². The van der Waals surface area contributed by atoms with Crippen LogP contribution < -0.4 is 11.1 Å². The largest absolute Gasteiger partial charge is 0.382 e. The minimum atomic E-state index is 0.455. The molecule has 0 bridgehead atoms. The van der Waals surface area contributed by atoms with Crippen LogP contribution in [0.1, 0.15) is 32.0 Å². The highest BCUT2D eigenvalue weighted by Gasteiger charge is 2.18. The van der Waals surface area contributed by atoms with Gasteiger partial charge in [-0.25, -0.2) is 9.97 Å². The van der Waals surface area contributed by atoms with Gasteiger partial charge >= 0.3 is 0 Å². The number of nitrogens with one attached hydrogen (secondary N) is 1. The number of rotatable bonds is 7. The van der Waals surface area contributed by atoms with Crippen LogP contribution in [0.4, 0.5) is 5.82 Å². The lowest BCUT2D eigenvalue weighted by Crippen LogP contribution is -2.27. The molecule has 0 saturated carbocycles. The molecule has 6 nitrogen and oxygen atoms in total. The monoisotopic (exact) mass is 365 g/mol. The number of nitrogens with zero attached hydrogens (tertiary/aromatic N) is 3. The Balaban J connectivity index is 1.68. The van der Waals surface area contributed by atoms with Crippen molar-refractivity contribution in [2.45, 2.75) is 32.8 Å². The number of benzene rings is 1. The summed E-state index contributed by atoms with van der Waals surface area (Å²) in [4.78, 5) is 9.28. The fourth-order valence-electron chi connectivity index (χ4n) is 3.80. The Kier molecular flexibility index (Phi) is 5.55. The lowest BCUT2D eigenvalue weighted by Gasteiger charge is -2.22. The molecule has 1 fully saturated rings. The van der Waals surface area contributed by atoms with E-state index in [-0.39, 0.29) is 0 Å². The number of aromatic nitrogens is 3. The third-order valence-electron chi connectivity index (χ3n) is 5.24. The first kappa shape index (κ1) is 18.2. The van der Waals surface area contributed by atoms with Crippen molar-refractivity contribution in [2.75, 3.05) is 25.4 Å². The molecule has 3 N–H and O–H groups in total. The Labute approximate surface area is 160 Å². The molecule has 142 valence electrons. The molecule has 0 aliphatic carbocycles. The van der Waals surface area contributed by atoms with E-state index in [2.05, 4.69) is 33.9 Å². The van der Waals surface area contributed by atoms with E-state index in [1.54, 1.807) is 0 Å². The number of hydrogen-bond acceptors (Lipinski definition) is 5. The maximum Gasteiger partial charge on any atom is 0.152 e. The van der Waals surface area contributed by atoms with E-state index in [4.69, 9.17) is 15.5 Å². The summed E-state index contributed by atoms with van der Waals surface area (Å²) in [7, 11) is 0. The molecule has 1 saturated heterocycles. The van der Waals surface area contributed by atoms with E-state index in [0.29, 0.717) is 19.0 Å². The van der Waals surface area contributed by atoms with E-state index >= 15 is 0 Å². The van der Waals surface area contributed by atoms with E-state index < -0.39 is 0 Å². The average molecular weight is 365 g/mol. The number of nitrogens with two attached hydrogens (primary N) is 1. The zero-order valence-electron chi connectivity index (χ0n) is 15.8. The van der Waals surface area contributed by atoms with Gasteiger partial charge in [0.15, 0.2) is 5.82 Å². The highest BCUT2D eigenvalue weighted by Crippen LogP contribution is 2.30. The molecule has 0 spiro atoms. The number of para-hydroxylation sites is 1. The summed E-state index contributed by atoms with van der Waals surface area (Å²) < 4.78 is 7.78. The van der Waals surface area contributed by atoms with Gasteiger partial charge in [0.1, 0.15) is 17.9 Å². The third-order valence-corrected chi connectivity index (χ3v) is 5.24. The normalized spacial score (nSPS) is 15.7. The predicted octanol–water partition coefficient (Wildman–Crippen LogP) is 3.31. The molecule has 1 aliphatic heterocycles. The number of ether oxygens (including phenoxy) is 1. The van der Waals surface area contributed by atoms with Crippen molar-refractivity contribution >= 4 is 27.8 Å². The number of nitrogen functional groups attached to an aromatic ring is 1. The summed E-state index contributed by atoms with van der Waals surface area (Å²) >= 11 is 0. The molecule has 1 aliphatic rings. The molecule has 3 aromatic rings. The molecule has 2 radical (unpaired) electrons. The average Bonchev–Trinajstić information content (AvgIpc) is 3.07. The topological polar surface area (TPSA) is 78.0 Å². The summed E-state index contributed by atoms with van der Waals surface area (Å²) in [6, 6.07) is 8.07. The van der Waals surface area contributed by atoms with Crippen LogP contribution in [0, 0.1) is 18.9 Å². The van der Waals surface area contributed by atoms with Gasteiger partial charge in [0, 0.05) is 12.0 Å². The highest BCUT2D eigenvalue weighted by molar-refractivity contribution is 6.06. The Morgan fingerprint density at radius 1 is 1.26 bits per heavy atom. The van der Waals surface area contributed by atoms with Crippen molar-refractivity contribution in [2.24, 2.45) is 5.92 Å². The molecule has 0 atom stereocenters. The van der Waals surface area contributed by atoms with Crippen molar-refractivity contribution in [1.29, 1.82) is 0 Å². The summed E-state index contributed by atoms with van der Waals surface area (Å²) in [5, 5.41) is 4.48. The molecule has 6 heteroatoms. The van der Waals surface area contributed by atoms with Gasteiger partial charge in [-0.1, -0.05) is 18.2 Å². The lowest BCUT2D eigenvalue weighted by atomic mass is 9.93. The Morgan fingerprint density at radius 3 is 2.89 bits per heavy atom. The number of fused-ring (bicyclic) bond motifs is 3. The second-order valence-corrected chi connectivity index (χ2v) is 7.06. The van der Waals surface area contributed by atoms with Crippen LogP contribution in [-0.4, -0.2) is 34.2 Å². The maximum absolute atomic E-state index is 6.22. The summed E-state index contributed by atoms with van der Waals surface area (Å²) in [6.07, 6.45) is 5.81. The van der Waals surface area contributed by atoms with Crippen LogP contribution in [0.2, 0.25) is 0 Å². The summed E-state index contributed by atoms with van der Waals surface area (Å²) in [5.74, 6) is 2.07. The number of anilines is 1. The van der Waals surface area contributed by atoms with E-state index in [0.717, 1.165) is 53.2 Å². The van der Waals surface area contributed by atoms with Crippen LogP contribution in [-0.2, 0) is 11.3 Å². The van der Waals surface area contributed by atoms with Gasteiger partial charge < -0.3 is 20.4 Å². The molecule has 3 heterocycles. The molecule has 2 aromatic heterocycles. The van der Waals surface area contributed by atoms with E-state index in [1.807, 2.05) is 25.1 Å².